The number of alkyl carbamates (subject to hydrolysis) is 1. The van der Waals surface area contributed by atoms with Gasteiger partial charge in [-0.05, 0) is 61.1 Å². The third-order valence-electron chi connectivity index (χ3n) is 8.98. The van der Waals surface area contributed by atoms with Gasteiger partial charge in [0.15, 0.2) is 0 Å². The molecule has 2 aromatic heterocycles. The van der Waals surface area contributed by atoms with Crippen LogP contribution >= 0.6 is 11.6 Å². The highest BCUT2D eigenvalue weighted by molar-refractivity contribution is 6.30. The number of aromatic amines is 1. The fourth-order valence-electron chi connectivity index (χ4n) is 6.74. The van der Waals surface area contributed by atoms with Crippen LogP contribution in [0.5, 0.6) is 0 Å². The predicted octanol–water partition coefficient (Wildman–Crippen LogP) is 7.00. The number of nitrogens with one attached hydrogen (secondary N) is 2. The van der Waals surface area contributed by atoms with E-state index >= 15 is 0 Å². The second-order valence-corrected chi connectivity index (χ2v) is 14.7. The lowest BCUT2D eigenvalue weighted by molar-refractivity contribution is -0.0922. The van der Waals surface area contributed by atoms with Gasteiger partial charge in [-0.15, -0.1) is 0 Å². The number of hydrogen-bond acceptors (Lipinski definition) is 7. The van der Waals surface area contributed by atoms with E-state index in [1.165, 1.54) is 4.40 Å². The van der Waals surface area contributed by atoms with Crippen LogP contribution in [-0.2, 0) is 9.47 Å². The average molecular weight is 641 g/mol. The van der Waals surface area contributed by atoms with Crippen molar-refractivity contribution >= 4 is 41.0 Å². The number of benzene rings is 1. The van der Waals surface area contributed by atoms with Gasteiger partial charge in [-0.2, -0.15) is 0 Å². The number of hydrogen-bond donors (Lipinski definition) is 3. The number of esters is 1. The smallest absolute Gasteiger partial charge is 0.414 e. The minimum atomic E-state index is -1.03. The van der Waals surface area contributed by atoms with Gasteiger partial charge in [-0.1, -0.05) is 72.2 Å². The van der Waals surface area contributed by atoms with Crippen molar-refractivity contribution in [2.45, 2.75) is 81.3 Å². The van der Waals surface area contributed by atoms with E-state index in [2.05, 4.69) is 53.5 Å². The molecule has 2 atom stereocenters. The lowest BCUT2D eigenvalue weighted by atomic mass is 9.59. The topological polar surface area (TPSA) is 145 Å². The maximum atomic E-state index is 14.5. The molecule has 2 heterocycles. The Kier molecular flexibility index (Phi) is 9.50. The molecule has 1 aliphatic rings. The zero-order valence-corrected chi connectivity index (χ0v) is 28.3. The number of imide groups is 1. The van der Waals surface area contributed by atoms with Crippen LogP contribution in [0.1, 0.15) is 94.6 Å². The number of nitrogen functional groups attached to an aromatic ring is 1. The van der Waals surface area contributed by atoms with Crippen LogP contribution in [-0.4, -0.2) is 40.1 Å². The molecule has 0 spiro atoms. The Bertz CT molecular complexity index is 1650. The quantitative estimate of drug-likeness (QED) is 0.254. The molecule has 11 heteroatoms. The number of carbonyl (C=O) groups excluding carboxylic acids is 3. The summed E-state index contributed by atoms with van der Waals surface area (Å²) in [6, 6.07) is 6.88. The molecule has 0 bridgehead atoms. The number of fused-ring (bicyclic) bond motifs is 1. The summed E-state index contributed by atoms with van der Waals surface area (Å²) in [5, 5.41) is 2.52. The first kappa shape index (κ1) is 34.1. The predicted molar refractivity (Wildman–Crippen MR) is 176 cm³/mol. The molecular weight excluding hydrogens is 596 g/mol. The Morgan fingerprint density at radius 2 is 1.58 bits per heavy atom. The number of aryl methyl sites for hydroxylation is 1. The van der Waals surface area contributed by atoms with Gasteiger partial charge in [0.25, 0.3) is 11.5 Å². The zero-order chi connectivity index (χ0) is 33.6. The van der Waals surface area contributed by atoms with E-state index in [-0.39, 0.29) is 52.4 Å². The summed E-state index contributed by atoms with van der Waals surface area (Å²) in [4.78, 5) is 56.3. The molecule has 4 rings (SSSR count). The molecular formula is C34H45ClN4O6. The number of nitrogens with zero attached hydrogens (tertiary/aromatic N) is 1. The number of nitrogens with two attached hydrogens (primary N) is 1. The van der Waals surface area contributed by atoms with Crippen molar-refractivity contribution in [2.75, 3.05) is 12.3 Å². The summed E-state index contributed by atoms with van der Waals surface area (Å²) in [6.45, 7) is 18.6. The largest absolute Gasteiger partial charge is 0.458 e. The molecule has 2 amide bonds. The molecule has 3 aromatic rings. The molecule has 2 unspecified atom stereocenters. The Morgan fingerprint density at radius 3 is 2.09 bits per heavy atom. The molecule has 45 heavy (non-hydrogen) atoms. The molecule has 1 fully saturated rings. The van der Waals surface area contributed by atoms with Crippen molar-refractivity contribution in [3.8, 4) is 11.1 Å². The number of anilines is 1. The molecule has 4 N–H and O–H groups in total. The first-order valence-electron chi connectivity index (χ1n) is 15.4. The first-order valence-corrected chi connectivity index (χ1v) is 15.8. The van der Waals surface area contributed by atoms with E-state index in [1.807, 2.05) is 5.32 Å². The maximum Gasteiger partial charge on any atom is 0.414 e. The number of carbonyl (C=O) groups is 3. The fraction of sp³-hybridized carbons (Fsp3) is 0.529. The van der Waals surface area contributed by atoms with Crippen molar-refractivity contribution in [1.82, 2.24) is 14.7 Å². The Labute approximate surface area is 269 Å². The van der Waals surface area contributed by atoms with Crippen molar-refractivity contribution in [3.63, 3.8) is 0 Å². The molecule has 244 valence electrons. The zero-order valence-electron chi connectivity index (χ0n) is 27.6. The van der Waals surface area contributed by atoms with E-state index in [0.717, 1.165) is 12.8 Å². The fourth-order valence-corrected chi connectivity index (χ4v) is 6.87. The second-order valence-electron chi connectivity index (χ2n) is 14.3. The van der Waals surface area contributed by atoms with Gasteiger partial charge in [0.05, 0.1) is 6.61 Å². The van der Waals surface area contributed by atoms with Crippen LogP contribution < -0.4 is 16.6 Å². The van der Waals surface area contributed by atoms with Crippen LogP contribution in [0.3, 0.4) is 0 Å². The van der Waals surface area contributed by atoms with Gasteiger partial charge >= 0.3 is 12.1 Å². The van der Waals surface area contributed by atoms with E-state index in [4.69, 9.17) is 26.8 Å². The average Bonchev–Trinajstić information content (AvgIpc) is 3.20. The van der Waals surface area contributed by atoms with Crippen molar-refractivity contribution < 1.29 is 23.9 Å². The molecule has 0 aliphatic heterocycles. The van der Waals surface area contributed by atoms with E-state index in [0.29, 0.717) is 27.8 Å². The molecule has 0 radical (unpaired) electrons. The summed E-state index contributed by atoms with van der Waals surface area (Å²) in [5.74, 6) is -1.30. The number of rotatable bonds is 5. The van der Waals surface area contributed by atoms with Crippen molar-refractivity contribution in [2.24, 2.45) is 28.6 Å². The standard InChI is InChI=1S/C34H45ClN4O6/c1-10-44-32(43)38-29(40)25-27(36)37-28-24(23(18(3)39(28)30(25)41)19-11-13-20(35)14-12-19)31(42)45-26-21(33(4,5)6)15-17(2)16-22(26)34(7,8)9/h11-14,17,21-22,26,37H,10,15-16,36H2,1-9H3,(H,38,40,43). The van der Waals surface area contributed by atoms with Gasteiger partial charge in [-0.25, -0.2) is 9.59 Å². The Hall–Kier alpha value is -3.79. The van der Waals surface area contributed by atoms with Crippen LogP contribution in [0.2, 0.25) is 5.02 Å². The summed E-state index contributed by atoms with van der Waals surface area (Å²) in [7, 11) is 0. The highest BCUT2D eigenvalue weighted by atomic mass is 35.5. The van der Waals surface area contributed by atoms with E-state index < -0.39 is 29.1 Å². The minimum absolute atomic E-state index is 0.0304. The number of aromatic nitrogens is 2. The summed E-state index contributed by atoms with van der Waals surface area (Å²) in [6.07, 6.45) is 0.424. The highest BCUT2D eigenvalue weighted by Crippen LogP contribution is 2.50. The third kappa shape index (κ3) is 6.76. The summed E-state index contributed by atoms with van der Waals surface area (Å²) < 4.78 is 12.6. The number of H-pyrrole nitrogens is 1. The van der Waals surface area contributed by atoms with E-state index in [9.17, 15) is 19.2 Å². The lowest BCUT2D eigenvalue weighted by Gasteiger charge is -2.50. The maximum absolute atomic E-state index is 14.5. The van der Waals surface area contributed by atoms with Gasteiger partial charge in [0, 0.05) is 28.1 Å². The van der Waals surface area contributed by atoms with Crippen LogP contribution in [0, 0.1) is 35.5 Å². The lowest BCUT2D eigenvalue weighted by Crippen LogP contribution is -2.49. The number of halogens is 1. The number of amides is 2. The Morgan fingerprint density at radius 1 is 1.02 bits per heavy atom. The van der Waals surface area contributed by atoms with Crippen LogP contribution in [0.15, 0.2) is 29.1 Å². The third-order valence-corrected chi connectivity index (χ3v) is 9.23. The SMILES string of the molecule is CCOC(=O)NC(=O)c1c(N)[nH]c2c(C(=O)OC3C(C(C)(C)C)CC(C)CC3C(C)(C)C)c(-c3ccc(Cl)cc3)c(C)n2c1=O. The first-order chi connectivity index (χ1) is 20.9. The second kappa shape index (κ2) is 12.5. The van der Waals surface area contributed by atoms with Crippen molar-refractivity contribution in [1.29, 1.82) is 0 Å². The molecule has 1 saturated carbocycles. The summed E-state index contributed by atoms with van der Waals surface area (Å²) >= 11 is 6.19. The molecule has 1 aliphatic carbocycles. The highest BCUT2D eigenvalue weighted by Gasteiger charge is 2.48. The van der Waals surface area contributed by atoms with Crippen LogP contribution in [0.4, 0.5) is 10.6 Å². The normalized spacial score (nSPS) is 20.6. The van der Waals surface area contributed by atoms with E-state index in [1.54, 1.807) is 38.1 Å². The van der Waals surface area contributed by atoms with Gasteiger partial charge in [0.2, 0.25) is 0 Å². The van der Waals surface area contributed by atoms with Gasteiger partial charge in [0.1, 0.15) is 28.7 Å². The molecule has 1 aromatic carbocycles. The monoisotopic (exact) mass is 640 g/mol. The van der Waals surface area contributed by atoms with Crippen LogP contribution in [0.25, 0.3) is 16.8 Å². The number of ether oxygens (including phenoxy) is 2. The Balaban J connectivity index is 1.94. The minimum Gasteiger partial charge on any atom is -0.458 e. The van der Waals surface area contributed by atoms with Gasteiger partial charge in [-0.3, -0.25) is 19.3 Å². The van der Waals surface area contributed by atoms with Crippen molar-refractivity contribution in [3.05, 3.63) is 56.5 Å². The summed E-state index contributed by atoms with van der Waals surface area (Å²) in [5.41, 5.74) is 6.31. The molecule has 10 nitrogen and oxygen atoms in total. The molecule has 0 saturated heterocycles. The van der Waals surface area contributed by atoms with Gasteiger partial charge < -0.3 is 20.2 Å².